The van der Waals surface area contributed by atoms with Crippen LogP contribution in [0.1, 0.15) is 38.5 Å². The largest absolute Gasteiger partial charge is 0.324 e. The molecule has 120 valence electrons. The maximum atomic E-state index is 13.0. The molecule has 0 amide bonds. The molecule has 1 heterocycles. The number of sulfonamides is 1. The van der Waals surface area contributed by atoms with Gasteiger partial charge in [-0.2, -0.15) is 0 Å². The molecule has 0 aliphatic heterocycles. The van der Waals surface area contributed by atoms with Crippen molar-refractivity contribution in [3.63, 3.8) is 0 Å². The Kier molecular flexibility index (Phi) is 6.52. The zero-order chi connectivity index (χ0) is 14.6. The van der Waals surface area contributed by atoms with Crippen LogP contribution in [0.2, 0.25) is 0 Å². The molecular formula is C13H21ClFN3O2S. The first-order chi connectivity index (χ1) is 9.41. The van der Waals surface area contributed by atoms with Crippen molar-refractivity contribution in [2.75, 3.05) is 6.54 Å². The lowest BCUT2D eigenvalue weighted by molar-refractivity contribution is 0.369. The summed E-state index contributed by atoms with van der Waals surface area (Å²) in [4.78, 5) is 3.38. The standard InChI is InChI=1S/C13H20FN3O2S.ClH/c14-11-7-12(9-16-8-11)20(18,19)17-10-13(15)5-3-1-2-4-6-13;/h7-9,17H,1-6,10,15H2;1H. The molecule has 2 rings (SSSR count). The van der Waals surface area contributed by atoms with Crippen molar-refractivity contribution >= 4 is 22.4 Å². The highest BCUT2D eigenvalue weighted by Gasteiger charge is 2.28. The molecule has 3 N–H and O–H groups in total. The minimum Gasteiger partial charge on any atom is -0.324 e. The number of aromatic nitrogens is 1. The minimum atomic E-state index is -3.76. The van der Waals surface area contributed by atoms with E-state index in [9.17, 15) is 12.8 Å². The number of nitrogens with zero attached hydrogens (tertiary/aromatic N) is 1. The van der Waals surface area contributed by atoms with Crippen molar-refractivity contribution in [3.05, 3.63) is 24.3 Å². The topological polar surface area (TPSA) is 85.1 Å². The van der Waals surface area contributed by atoms with E-state index in [0.29, 0.717) is 0 Å². The number of pyridine rings is 1. The summed E-state index contributed by atoms with van der Waals surface area (Å²) in [6.45, 7) is 0.172. The Balaban J connectivity index is 0.00000220. The van der Waals surface area contributed by atoms with Gasteiger partial charge in [0, 0.05) is 18.3 Å². The predicted octanol–water partition coefficient (Wildman–Crippen LogP) is 1.97. The summed E-state index contributed by atoms with van der Waals surface area (Å²) in [6, 6.07) is 0.950. The third-order valence-corrected chi connectivity index (χ3v) is 5.07. The minimum absolute atomic E-state index is 0. The molecular weight excluding hydrogens is 317 g/mol. The van der Waals surface area contributed by atoms with E-state index in [-0.39, 0.29) is 23.8 Å². The van der Waals surface area contributed by atoms with Crippen LogP contribution in [0.15, 0.2) is 23.4 Å². The smallest absolute Gasteiger partial charge is 0.242 e. The van der Waals surface area contributed by atoms with Gasteiger partial charge >= 0.3 is 0 Å². The average Bonchev–Trinajstić information content (AvgIpc) is 2.62. The lowest BCUT2D eigenvalue weighted by Crippen LogP contribution is -2.49. The average molecular weight is 338 g/mol. The van der Waals surface area contributed by atoms with E-state index in [2.05, 4.69) is 9.71 Å². The lowest BCUT2D eigenvalue weighted by atomic mass is 9.92. The summed E-state index contributed by atoms with van der Waals surface area (Å²) < 4.78 is 39.7. The van der Waals surface area contributed by atoms with E-state index in [1.165, 1.54) is 0 Å². The van der Waals surface area contributed by atoms with Gasteiger partial charge in [0.2, 0.25) is 10.0 Å². The first kappa shape index (κ1) is 18.3. The second kappa shape index (κ2) is 7.49. The van der Waals surface area contributed by atoms with Gasteiger partial charge in [0.25, 0.3) is 0 Å². The quantitative estimate of drug-likeness (QED) is 0.823. The van der Waals surface area contributed by atoms with Gasteiger partial charge in [0.15, 0.2) is 0 Å². The Morgan fingerprint density at radius 2 is 1.86 bits per heavy atom. The fraction of sp³-hybridized carbons (Fsp3) is 0.615. The number of hydrogen-bond donors (Lipinski definition) is 2. The Morgan fingerprint density at radius 3 is 2.43 bits per heavy atom. The predicted molar refractivity (Wildman–Crippen MR) is 81.3 cm³/mol. The van der Waals surface area contributed by atoms with E-state index in [4.69, 9.17) is 5.73 Å². The third-order valence-electron chi connectivity index (χ3n) is 3.70. The molecule has 8 heteroatoms. The second-order valence-corrected chi connectivity index (χ2v) is 7.21. The molecule has 1 aliphatic rings. The normalized spacial score (nSPS) is 18.6. The first-order valence-electron chi connectivity index (χ1n) is 6.80. The van der Waals surface area contributed by atoms with Gasteiger partial charge < -0.3 is 5.73 Å². The monoisotopic (exact) mass is 337 g/mol. The lowest BCUT2D eigenvalue weighted by Gasteiger charge is -2.28. The molecule has 21 heavy (non-hydrogen) atoms. The molecule has 0 bridgehead atoms. The van der Waals surface area contributed by atoms with Gasteiger partial charge in [-0.1, -0.05) is 25.7 Å². The van der Waals surface area contributed by atoms with Gasteiger partial charge in [-0.3, -0.25) is 4.98 Å². The molecule has 0 saturated heterocycles. The Bertz CT molecular complexity index is 560. The van der Waals surface area contributed by atoms with Crippen LogP contribution in [-0.4, -0.2) is 25.5 Å². The Hall–Kier alpha value is -0.760. The van der Waals surface area contributed by atoms with E-state index >= 15 is 0 Å². The van der Waals surface area contributed by atoms with Crippen molar-refractivity contribution in [1.29, 1.82) is 0 Å². The summed E-state index contributed by atoms with van der Waals surface area (Å²) in [5.41, 5.74) is 5.75. The van der Waals surface area contributed by atoms with Crippen molar-refractivity contribution in [1.82, 2.24) is 9.71 Å². The molecule has 1 aromatic heterocycles. The highest BCUT2D eigenvalue weighted by Crippen LogP contribution is 2.24. The fourth-order valence-electron chi connectivity index (χ4n) is 2.47. The SMILES string of the molecule is Cl.NC1(CNS(=O)(=O)c2cncc(F)c2)CCCCCC1. The van der Waals surface area contributed by atoms with E-state index < -0.39 is 21.4 Å². The van der Waals surface area contributed by atoms with Gasteiger partial charge in [-0.25, -0.2) is 17.5 Å². The summed E-state index contributed by atoms with van der Waals surface area (Å²) in [7, 11) is -3.76. The molecule has 1 aliphatic carbocycles. The molecule has 1 saturated carbocycles. The van der Waals surface area contributed by atoms with Crippen LogP contribution < -0.4 is 10.5 Å². The molecule has 0 aromatic carbocycles. The highest BCUT2D eigenvalue weighted by molar-refractivity contribution is 7.89. The van der Waals surface area contributed by atoms with Gasteiger partial charge in [0.1, 0.15) is 10.7 Å². The molecule has 1 fully saturated rings. The van der Waals surface area contributed by atoms with Crippen LogP contribution in [0.3, 0.4) is 0 Å². The van der Waals surface area contributed by atoms with Crippen molar-refractivity contribution in [3.8, 4) is 0 Å². The third kappa shape index (κ3) is 5.18. The van der Waals surface area contributed by atoms with Crippen LogP contribution >= 0.6 is 12.4 Å². The van der Waals surface area contributed by atoms with Gasteiger partial charge in [-0.15, -0.1) is 12.4 Å². The van der Waals surface area contributed by atoms with Gasteiger partial charge in [0.05, 0.1) is 6.20 Å². The van der Waals surface area contributed by atoms with E-state index in [0.717, 1.165) is 57.0 Å². The molecule has 0 radical (unpaired) electrons. The van der Waals surface area contributed by atoms with Crippen molar-refractivity contribution < 1.29 is 12.8 Å². The molecule has 5 nitrogen and oxygen atoms in total. The number of rotatable bonds is 4. The highest BCUT2D eigenvalue weighted by atomic mass is 35.5. The number of halogens is 2. The van der Waals surface area contributed by atoms with Crippen LogP contribution in [0.5, 0.6) is 0 Å². The van der Waals surface area contributed by atoms with E-state index in [1.807, 2.05) is 0 Å². The number of nitrogens with one attached hydrogen (secondary N) is 1. The number of nitrogens with two attached hydrogens (primary N) is 1. The Morgan fingerprint density at radius 1 is 1.24 bits per heavy atom. The maximum absolute atomic E-state index is 13.0. The maximum Gasteiger partial charge on any atom is 0.242 e. The van der Waals surface area contributed by atoms with E-state index in [1.54, 1.807) is 0 Å². The van der Waals surface area contributed by atoms with Crippen molar-refractivity contribution in [2.24, 2.45) is 5.73 Å². The van der Waals surface area contributed by atoms with Crippen LogP contribution in [0, 0.1) is 5.82 Å². The molecule has 0 atom stereocenters. The molecule has 1 aromatic rings. The summed E-state index contributed by atoms with van der Waals surface area (Å²) in [5, 5.41) is 0. The fourth-order valence-corrected chi connectivity index (χ4v) is 3.58. The van der Waals surface area contributed by atoms with Crippen LogP contribution in [-0.2, 0) is 10.0 Å². The number of hydrogen-bond acceptors (Lipinski definition) is 4. The zero-order valence-electron chi connectivity index (χ0n) is 11.7. The van der Waals surface area contributed by atoms with Crippen LogP contribution in [0.4, 0.5) is 4.39 Å². The summed E-state index contributed by atoms with van der Waals surface area (Å²) in [5.74, 6) is -0.676. The first-order valence-corrected chi connectivity index (χ1v) is 8.29. The van der Waals surface area contributed by atoms with Crippen LogP contribution in [0.25, 0.3) is 0 Å². The van der Waals surface area contributed by atoms with Gasteiger partial charge in [-0.05, 0) is 18.9 Å². The second-order valence-electron chi connectivity index (χ2n) is 5.44. The molecule has 0 unspecified atom stereocenters. The molecule has 0 spiro atoms. The summed E-state index contributed by atoms with van der Waals surface area (Å²) >= 11 is 0. The summed E-state index contributed by atoms with van der Waals surface area (Å²) in [6.07, 6.45) is 8.00. The zero-order valence-corrected chi connectivity index (χ0v) is 13.4. The van der Waals surface area contributed by atoms with Crippen molar-refractivity contribution in [2.45, 2.75) is 49.0 Å². The Labute approximate surface area is 131 Å².